The number of aromatic nitrogens is 1. The summed E-state index contributed by atoms with van der Waals surface area (Å²) in [6.07, 6.45) is 2.29. The van der Waals surface area contributed by atoms with Crippen LogP contribution in [0.4, 0.5) is 5.69 Å². The van der Waals surface area contributed by atoms with Crippen molar-refractivity contribution >= 4 is 27.6 Å². The monoisotopic (exact) mass is 447 g/mol. The minimum absolute atomic E-state index is 0.00935. The number of carbonyl (C=O) groups is 2. The quantitative estimate of drug-likeness (QED) is 0.648. The van der Waals surface area contributed by atoms with Crippen LogP contribution in [0.5, 0.6) is 5.88 Å². The van der Waals surface area contributed by atoms with Crippen molar-refractivity contribution in [2.75, 3.05) is 32.1 Å². The maximum absolute atomic E-state index is 13.1. The molecule has 9 nitrogen and oxygen atoms in total. The molecule has 0 bridgehead atoms. The second-order valence-corrected chi connectivity index (χ2v) is 8.85. The van der Waals surface area contributed by atoms with Crippen LogP contribution in [0.1, 0.15) is 30.1 Å². The molecule has 0 saturated carbocycles. The fraction of sp³-hybridized carbons (Fsp3) is 0.381. The second kappa shape index (κ2) is 9.88. The van der Waals surface area contributed by atoms with Crippen LogP contribution in [0.2, 0.25) is 0 Å². The number of esters is 1. The topological polar surface area (TPSA) is 115 Å². The van der Waals surface area contributed by atoms with Crippen molar-refractivity contribution in [3.8, 4) is 5.88 Å². The molecule has 0 unspecified atom stereocenters. The van der Waals surface area contributed by atoms with E-state index >= 15 is 0 Å². The summed E-state index contributed by atoms with van der Waals surface area (Å²) in [4.78, 5) is 28.7. The lowest BCUT2D eigenvalue weighted by Crippen LogP contribution is -2.41. The zero-order chi connectivity index (χ0) is 22.4. The van der Waals surface area contributed by atoms with Crippen molar-refractivity contribution in [3.63, 3.8) is 0 Å². The fourth-order valence-electron chi connectivity index (χ4n) is 3.44. The smallest absolute Gasteiger partial charge is 0.339 e. The van der Waals surface area contributed by atoms with Gasteiger partial charge in [0.1, 0.15) is 5.69 Å². The Morgan fingerprint density at radius 3 is 2.55 bits per heavy atom. The minimum atomic E-state index is -3.90. The van der Waals surface area contributed by atoms with Crippen LogP contribution >= 0.6 is 0 Å². The first kappa shape index (κ1) is 22.7. The Kier molecular flexibility index (Phi) is 7.24. The van der Waals surface area contributed by atoms with Gasteiger partial charge in [-0.2, -0.15) is 4.31 Å². The number of hydrogen-bond donors (Lipinski definition) is 1. The summed E-state index contributed by atoms with van der Waals surface area (Å²) in [7, 11) is -2.70. The lowest BCUT2D eigenvalue weighted by molar-refractivity contribution is -0.120. The normalized spacial score (nSPS) is 15.3. The first-order valence-electron chi connectivity index (χ1n) is 9.94. The van der Waals surface area contributed by atoms with E-state index in [2.05, 4.69) is 10.3 Å². The molecule has 2 heterocycles. The van der Waals surface area contributed by atoms with Gasteiger partial charge in [0.05, 0.1) is 24.2 Å². The first-order valence-corrected chi connectivity index (χ1v) is 11.4. The van der Waals surface area contributed by atoms with E-state index in [9.17, 15) is 18.0 Å². The van der Waals surface area contributed by atoms with E-state index in [0.29, 0.717) is 31.0 Å². The predicted octanol–water partition coefficient (Wildman–Crippen LogP) is 2.31. The number of amides is 1. The van der Waals surface area contributed by atoms with Crippen molar-refractivity contribution in [2.24, 2.45) is 5.92 Å². The van der Waals surface area contributed by atoms with Gasteiger partial charge in [-0.25, -0.2) is 18.2 Å². The number of sulfonamides is 1. The summed E-state index contributed by atoms with van der Waals surface area (Å²) in [5.74, 6) is -0.925. The Morgan fingerprint density at radius 1 is 1.16 bits per heavy atom. The van der Waals surface area contributed by atoms with E-state index in [4.69, 9.17) is 9.47 Å². The molecule has 10 heteroatoms. The lowest BCUT2D eigenvalue weighted by Gasteiger charge is -2.31. The number of piperidine rings is 1. The Labute approximate surface area is 181 Å². The van der Waals surface area contributed by atoms with Gasteiger partial charge in [0.2, 0.25) is 21.8 Å². The van der Waals surface area contributed by atoms with Gasteiger partial charge >= 0.3 is 5.97 Å². The first-order chi connectivity index (χ1) is 14.9. The SMILES string of the molecule is CCOc1ncccc1NC(=O)C1CCN(S(=O)(=O)c2ccccc2C(=O)OC)CC1. The van der Waals surface area contributed by atoms with Gasteiger partial charge in [-0.1, -0.05) is 12.1 Å². The number of ether oxygens (including phenoxy) is 2. The predicted molar refractivity (Wildman–Crippen MR) is 113 cm³/mol. The number of hydrogen-bond acceptors (Lipinski definition) is 7. The van der Waals surface area contributed by atoms with Gasteiger partial charge in [-0.3, -0.25) is 4.79 Å². The molecule has 1 saturated heterocycles. The van der Waals surface area contributed by atoms with Gasteiger partial charge < -0.3 is 14.8 Å². The molecule has 1 N–H and O–H groups in total. The molecule has 3 rings (SSSR count). The highest BCUT2D eigenvalue weighted by atomic mass is 32.2. The molecule has 1 aromatic carbocycles. The molecule has 1 aliphatic heterocycles. The molecule has 0 aliphatic carbocycles. The van der Waals surface area contributed by atoms with Gasteiger partial charge in [0.15, 0.2) is 0 Å². The number of carbonyl (C=O) groups excluding carboxylic acids is 2. The largest absolute Gasteiger partial charge is 0.476 e. The van der Waals surface area contributed by atoms with Crippen LogP contribution in [0, 0.1) is 5.92 Å². The van der Waals surface area contributed by atoms with Crippen molar-refractivity contribution in [1.82, 2.24) is 9.29 Å². The fourth-order valence-corrected chi connectivity index (χ4v) is 5.09. The van der Waals surface area contributed by atoms with E-state index < -0.39 is 16.0 Å². The average molecular weight is 448 g/mol. The molecular formula is C21H25N3O6S. The highest BCUT2D eigenvalue weighted by Crippen LogP contribution is 2.28. The van der Waals surface area contributed by atoms with E-state index in [1.807, 2.05) is 6.92 Å². The van der Waals surface area contributed by atoms with Crippen LogP contribution in [-0.2, 0) is 19.6 Å². The number of benzene rings is 1. The molecule has 0 atom stereocenters. The molecular weight excluding hydrogens is 422 g/mol. The van der Waals surface area contributed by atoms with Crippen LogP contribution in [0.15, 0.2) is 47.5 Å². The Morgan fingerprint density at radius 2 is 1.87 bits per heavy atom. The maximum atomic E-state index is 13.1. The van der Waals surface area contributed by atoms with Crippen molar-refractivity contribution < 1.29 is 27.5 Å². The minimum Gasteiger partial charge on any atom is -0.476 e. The van der Waals surface area contributed by atoms with Crippen molar-refractivity contribution in [1.29, 1.82) is 0 Å². The van der Waals surface area contributed by atoms with Gasteiger partial charge in [-0.05, 0) is 44.0 Å². The van der Waals surface area contributed by atoms with Gasteiger partial charge in [0, 0.05) is 25.2 Å². The second-order valence-electron chi connectivity index (χ2n) is 6.94. The highest BCUT2D eigenvalue weighted by Gasteiger charge is 2.34. The molecule has 166 valence electrons. The molecule has 1 aromatic heterocycles. The van der Waals surface area contributed by atoms with Crippen LogP contribution in [0.25, 0.3) is 0 Å². The molecule has 1 aliphatic rings. The Hall–Kier alpha value is -2.98. The summed E-state index contributed by atoms with van der Waals surface area (Å²) in [5, 5.41) is 2.83. The van der Waals surface area contributed by atoms with Crippen LogP contribution in [0.3, 0.4) is 0 Å². The Balaban J connectivity index is 1.68. The Bertz CT molecular complexity index is 1050. The average Bonchev–Trinajstić information content (AvgIpc) is 2.80. The molecule has 1 fully saturated rings. The van der Waals surface area contributed by atoms with Crippen molar-refractivity contribution in [2.45, 2.75) is 24.7 Å². The van der Waals surface area contributed by atoms with Gasteiger partial charge in [0.25, 0.3) is 0 Å². The van der Waals surface area contributed by atoms with Crippen molar-refractivity contribution in [3.05, 3.63) is 48.2 Å². The third-order valence-electron chi connectivity index (χ3n) is 5.04. The third-order valence-corrected chi connectivity index (χ3v) is 7.00. The molecule has 0 spiro atoms. The van der Waals surface area contributed by atoms with Crippen LogP contribution in [-0.4, -0.2) is 56.4 Å². The highest BCUT2D eigenvalue weighted by molar-refractivity contribution is 7.89. The zero-order valence-electron chi connectivity index (χ0n) is 17.4. The number of anilines is 1. The van der Waals surface area contributed by atoms with E-state index in [0.717, 1.165) is 0 Å². The molecule has 2 aromatic rings. The summed E-state index contributed by atoms with van der Waals surface area (Å²) in [5.41, 5.74) is 0.473. The van der Waals surface area contributed by atoms with E-state index in [1.165, 1.54) is 23.5 Å². The zero-order valence-corrected chi connectivity index (χ0v) is 18.2. The summed E-state index contributed by atoms with van der Waals surface area (Å²) >= 11 is 0. The number of nitrogens with one attached hydrogen (secondary N) is 1. The molecule has 1 amide bonds. The summed E-state index contributed by atoms with van der Waals surface area (Å²) in [6, 6.07) is 9.35. The number of rotatable bonds is 7. The van der Waals surface area contributed by atoms with E-state index in [-0.39, 0.29) is 35.4 Å². The number of methoxy groups -OCH3 is 1. The molecule has 31 heavy (non-hydrogen) atoms. The van der Waals surface area contributed by atoms with E-state index in [1.54, 1.807) is 30.5 Å². The number of nitrogens with zero attached hydrogens (tertiary/aromatic N) is 2. The lowest BCUT2D eigenvalue weighted by atomic mass is 9.97. The van der Waals surface area contributed by atoms with Gasteiger partial charge in [-0.15, -0.1) is 0 Å². The standard InChI is InChI=1S/C21H25N3O6S/c1-3-30-20-17(8-6-12-22-20)23-19(25)15-10-13-24(14-11-15)31(27,28)18-9-5-4-7-16(18)21(26)29-2/h4-9,12,15H,3,10-11,13-14H2,1-2H3,(H,23,25). The third kappa shape index (κ3) is 5.02. The summed E-state index contributed by atoms with van der Waals surface area (Å²) < 4.78 is 37.6. The van der Waals surface area contributed by atoms with Crippen LogP contribution < -0.4 is 10.1 Å². The number of pyridine rings is 1. The molecule has 0 radical (unpaired) electrons. The summed E-state index contributed by atoms with van der Waals surface area (Å²) in [6.45, 7) is 2.58. The maximum Gasteiger partial charge on any atom is 0.339 e.